The molecule has 3 aliphatic rings. The van der Waals surface area contributed by atoms with E-state index in [0.717, 1.165) is 6.33 Å². The number of imidazole rings is 2. The van der Waals surface area contributed by atoms with E-state index in [1.165, 1.54) is 28.1 Å². The fourth-order valence-corrected chi connectivity index (χ4v) is 7.65. The number of phosphoric ester groups is 1. The molecule has 3 fully saturated rings. The number of hydrogen-bond acceptors (Lipinski definition) is 17. The summed E-state index contributed by atoms with van der Waals surface area (Å²) in [6, 6.07) is 0. The number of nitrogens with zero attached hydrogens (tertiary/aromatic N) is 8. The molecule has 4 aromatic heterocycles. The van der Waals surface area contributed by atoms with Crippen molar-refractivity contribution in [1.29, 1.82) is 0 Å². The zero-order valence-electron chi connectivity index (χ0n) is 22.0. The summed E-state index contributed by atoms with van der Waals surface area (Å²) >= 11 is 4.01. The second-order valence-electron chi connectivity index (χ2n) is 9.90. The van der Waals surface area contributed by atoms with Crippen molar-refractivity contribution in [2.24, 2.45) is 0 Å². The van der Waals surface area contributed by atoms with Crippen molar-refractivity contribution in [2.75, 3.05) is 24.7 Å². The summed E-state index contributed by atoms with van der Waals surface area (Å²) in [6.07, 6.45) is -7.71. The number of thiol groups is 1. The third-order valence-corrected chi connectivity index (χ3v) is 9.81. The van der Waals surface area contributed by atoms with Crippen LogP contribution < -0.4 is 11.5 Å². The van der Waals surface area contributed by atoms with Crippen LogP contribution in [0.5, 0.6) is 0 Å². The first-order chi connectivity index (χ1) is 20.9. The number of fused-ring (bicyclic) bond motifs is 4. The topological polar surface area (TPSA) is 269 Å². The minimum atomic E-state index is -5.04. The molecule has 0 bridgehead atoms. The van der Waals surface area contributed by atoms with E-state index in [9.17, 15) is 19.1 Å². The maximum atomic E-state index is 15.9. The van der Waals surface area contributed by atoms with E-state index >= 15 is 4.39 Å². The third kappa shape index (κ3) is 5.14. The highest BCUT2D eigenvalue weighted by molar-refractivity contribution is 8.44. The van der Waals surface area contributed by atoms with Gasteiger partial charge in [-0.05, 0) is 0 Å². The van der Waals surface area contributed by atoms with Crippen LogP contribution in [0.4, 0.5) is 16.0 Å². The average molecular weight is 676 g/mol. The molecule has 0 saturated carbocycles. The lowest BCUT2D eigenvalue weighted by molar-refractivity contribution is -0.0614. The van der Waals surface area contributed by atoms with Crippen LogP contribution in [0.1, 0.15) is 12.5 Å². The lowest BCUT2D eigenvalue weighted by atomic mass is 10.1. The van der Waals surface area contributed by atoms with E-state index in [-0.39, 0.29) is 34.0 Å². The summed E-state index contributed by atoms with van der Waals surface area (Å²) in [5.41, 5.74) is 12.3. The second kappa shape index (κ2) is 10.9. The van der Waals surface area contributed by atoms with Crippen molar-refractivity contribution in [2.45, 2.75) is 49.1 Å². The van der Waals surface area contributed by atoms with Gasteiger partial charge in [-0.3, -0.25) is 27.2 Å². The van der Waals surface area contributed by atoms with Gasteiger partial charge in [0.25, 0.3) is 0 Å². The Bertz CT molecular complexity index is 1700. The van der Waals surface area contributed by atoms with Crippen LogP contribution in [0, 0.1) is 0 Å². The molecule has 7 rings (SSSR count). The van der Waals surface area contributed by atoms with Gasteiger partial charge in [-0.1, -0.05) is 12.2 Å². The number of halogens is 1. The van der Waals surface area contributed by atoms with Gasteiger partial charge in [0.2, 0.25) is 0 Å². The van der Waals surface area contributed by atoms with Gasteiger partial charge >= 0.3 is 14.6 Å². The number of aromatic nitrogens is 8. The Balaban J connectivity index is 1.17. The molecule has 10 atom stereocenters. The Hall–Kier alpha value is -2.88. The van der Waals surface area contributed by atoms with E-state index in [1.807, 2.05) is 0 Å². The van der Waals surface area contributed by atoms with Crippen LogP contribution in [-0.2, 0) is 36.7 Å². The Morgan fingerprint density at radius 3 is 2.02 bits per heavy atom. The predicted molar refractivity (Wildman–Crippen MR) is 146 cm³/mol. The van der Waals surface area contributed by atoms with Crippen LogP contribution in [0.25, 0.3) is 22.3 Å². The highest BCUT2D eigenvalue weighted by Gasteiger charge is 2.54. The van der Waals surface area contributed by atoms with Crippen LogP contribution in [0.2, 0.25) is 0 Å². The molecule has 1 unspecified atom stereocenters. The molecule has 44 heavy (non-hydrogen) atoms. The molecular weight excluding hydrogens is 653 g/mol. The van der Waals surface area contributed by atoms with Gasteiger partial charge in [-0.2, -0.15) is 0 Å². The molecule has 236 valence electrons. The molecule has 0 spiro atoms. The zero-order valence-corrected chi connectivity index (χ0v) is 24.6. The minimum absolute atomic E-state index is 0.0328. The number of ether oxygens (including phenoxy) is 2. The van der Waals surface area contributed by atoms with E-state index < -0.39 is 77.0 Å². The lowest BCUT2D eigenvalue weighted by Crippen LogP contribution is -2.38. The van der Waals surface area contributed by atoms with Crippen molar-refractivity contribution in [3.8, 4) is 0 Å². The molecular formula is C20H23FN10O10P2S. The van der Waals surface area contributed by atoms with Crippen molar-refractivity contribution < 1.29 is 51.1 Å². The predicted octanol–water partition coefficient (Wildman–Crippen LogP) is 0.280. The van der Waals surface area contributed by atoms with Crippen LogP contribution in [-0.4, -0.2) is 98.9 Å². The van der Waals surface area contributed by atoms with Crippen molar-refractivity contribution >= 4 is 60.8 Å². The number of aliphatic hydroxyl groups excluding tert-OH is 1. The summed E-state index contributed by atoms with van der Waals surface area (Å²) < 4.78 is 77.8. The smallest absolute Gasteiger partial charge is 0.386 e. The largest absolute Gasteiger partial charge is 0.472 e. The summed E-state index contributed by atoms with van der Waals surface area (Å²) in [7, 11) is -5.04. The summed E-state index contributed by atoms with van der Waals surface area (Å²) in [5, 5.41) is 11.2. The van der Waals surface area contributed by atoms with E-state index in [4.69, 9.17) is 39.0 Å². The van der Waals surface area contributed by atoms with E-state index in [2.05, 4.69) is 42.2 Å². The Labute approximate surface area is 250 Å². The fraction of sp³-hybridized carbons (Fsp3) is 0.500. The number of anilines is 2. The molecule has 20 nitrogen and oxygen atoms in total. The van der Waals surface area contributed by atoms with Crippen molar-refractivity contribution in [3.05, 3.63) is 25.3 Å². The number of phosphoric acid groups is 1. The summed E-state index contributed by atoms with van der Waals surface area (Å²) in [4.78, 5) is 34.6. The first kappa shape index (κ1) is 29.8. The lowest BCUT2D eigenvalue weighted by Gasteiger charge is -2.28. The Morgan fingerprint density at radius 2 is 1.39 bits per heavy atom. The number of alkyl halides is 1. The second-order valence-corrected chi connectivity index (χ2v) is 14.2. The van der Waals surface area contributed by atoms with Crippen LogP contribution >= 0.6 is 26.9 Å². The maximum absolute atomic E-state index is 15.9. The quantitative estimate of drug-likeness (QED) is 0.141. The van der Waals surface area contributed by atoms with Crippen LogP contribution in [0.15, 0.2) is 25.3 Å². The molecule has 4 aromatic rings. The van der Waals surface area contributed by atoms with Crippen LogP contribution in [0.3, 0.4) is 0 Å². The van der Waals surface area contributed by atoms with E-state index in [0.29, 0.717) is 0 Å². The first-order valence-electron chi connectivity index (χ1n) is 12.7. The number of nitrogen functional groups attached to an aromatic ring is 2. The number of nitrogens with two attached hydrogens (primary N) is 2. The van der Waals surface area contributed by atoms with Gasteiger partial charge in [-0.25, -0.2) is 43.4 Å². The Kier molecular flexibility index (Phi) is 7.37. The molecule has 24 heteroatoms. The third-order valence-electron chi connectivity index (χ3n) is 7.21. The van der Waals surface area contributed by atoms with Gasteiger partial charge in [0.15, 0.2) is 41.6 Å². The summed E-state index contributed by atoms with van der Waals surface area (Å²) in [5.74, 6) is 0.101. The minimum Gasteiger partial charge on any atom is -0.386 e. The van der Waals surface area contributed by atoms with Crippen molar-refractivity contribution in [1.82, 2.24) is 39.0 Å². The van der Waals surface area contributed by atoms with Gasteiger partial charge in [0.1, 0.15) is 54.2 Å². The van der Waals surface area contributed by atoms with Gasteiger partial charge in [0, 0.05) is 0 Å². The average Bonchev–Trinajstić information content (AvgIpc) is 3.73. The van der Waals surface area contributed by atoms with Gasteiger partial charge in [0.05, 0.1) is 25.9 Å². The molecule has 6 N–H and O–H groups in total. The molecule has 0 aromatic carbocycles. The highest BCUT2D eigenvalue weighted by atomic mass is 32.7. The van der Waals surface area contributed by atoms with Crippen molar-refractivity contribution in [3.63, 3.8) is 0 Å². The summed E-state index contributed by atoms with van der Waals surface area (Å²) in [6.45, 7) is -5.78. The molecule has 3 saturated heterocycles. The van der Waals surface area contributed by atoms with E-state index in [1.54, 1.807) is 0 Å². The Morgan fingerprint density at radius 1 is 0.841 bits per heavy atom. The standard InChI is InChI=1S/C20H23FN10O10P2S/c21-9-13-7(38-19(9)30-5-28-10-15(22)24-3-26-17(10)30)2-37-43(35,44)41-14-8(1-36-42(33,34)40-13)39-20(12(14)32)31-6-29-11-16(23)25-4-27-18(11)31/h3-9,12-14,19-20,32H,1-2H2,(H,33,34)(H,35,44)(H2,22,24,26)(H2,23,25,27)/t7-,8-,9-,12-,13-,14-,19-,20-,43-/m1/s1. The molecule has 0 amide bonds. The fourth-order valence-electron chi connectivity index (χ4n) is 5.21. The maximum Gasteiger partial charge on any atom is 0.472 e. The monoisotopic (exact) mass is 676 g/mol. The van der Waals surface area contributed by atoms with Gasteiger partial charge < -0.3 is 30.9 Å². The number of aliphatic hydroxyl groups is 1. The number of rotatable bonds is 2. The molecule has 0 aliphatic carbocycles. The van der Waals surface area contributed by atoms with Gasteiger partial charge in [-0.15, -0.1) is 0 Å². The zero-order chi connectivity index (χ0) is 31.0. The molecule has 3 aliphatic heterocycles. The normalized spacial score (nSPS) is 38.3. The molecule has 0 radical (unpaired) electrons. The highest BCUT2D eigenvalue weighted by Crippen LogP contribution is 2.58. The first-order valence-corrected chi connectivity index (χ1v) is 16.9. The number of hydrogen-bond donors (Lipinski definition) is 5. The SMILES string of the molecule is Nc1ncnc2c1ncn2[C@@H]1O[C@@H]2COP(=O)(O)O[C@H]3[C@@H](F)[C@H](n4cnc5c(N)ncnc54)O[C@@H]3CO[P@@](=O)(S)O[C@H]2[C@H]1O. The molecule has 7 heterocycles.